The Morgan fingerprint density at radius 1 is 0.935 bits per heavy atom. The maximum absolute atomic E-state index is 12.6. The number of rotatable bonds is 6. The van der Waals surface area contributed by atoms with Gasteiger partial charge in [-0.05, 0) is 56.2 Å². The number of ether oxygens (including phenoxy) is 2. The number of benzene rings is 2. The summed E-state index contributed by atoms with van der Waals surface area (Å²) < 4.78 is 38.0. The summed E-state index contributed by atoms with van der Waals surface area (Å²) in [4.78, 5) is 12.8. The van der Waals surface area contributed by atoms with E-state index >= 15 is 0 Å². The van der Waals surface area contributed by atoms with Crippen molar-refractivity contribution in [3.05, 3.63) is 42.5 Å². The first-order chi connectivity index (χ1) is 14.9. The molecule has 2 aliphatic rings. The minimum absolute atomic E-state index is 0.234. The van der Waals surface area contributed by atoms with Crippen LogP contribution >= 0.6 is 0 Å². The molecule has 0 bridgehead atoms. The molecule has 1 fully saturated rings. The molecule has 166 valence electrons. The summed E-state index contributed by atoms with van der Waals surface area (Å²) in [7, 11) is -3.47. The van der Waals surface area contributed by atoms with Crippen molar-refractivity contribution < 1.29 is 22.7 Å². The van der Waals surface area contributed by atoms with Crippen molar-refractivity contribution >= 4 is 27.3 Å². The number of nitrogens with zero attached hydrogens (tertiary/aromatic N) is 1. The largest absolute Gasteiger partial charge is 0.490 e. The number of amides is 1. The minimum atomic E-state index is -3.47. The fraction of sp³-hybridized carbons (Fsp3) is 0.409. The molecule has 0 spiro atoms. The molecule has 0 saturated carbocycles. The summed E-state index contributed by atoms with van der Waals surface area (Å²) in [5, 5.41) is 5.97. The van der Waals surface area contributed by atoms with E-state index in [4.69, 9.17) is 9.47 Å². The molecule has 31 heavy (non-hydrogen) atoms. The third kappa shape index (κ3) is 4.94. The lowest BCUT2D eigenvalue weighted by Crippen LogP contribution is -2.32. The van der Waals surface area contributed by atoms with Gasteiger partial charge in [0.05, 0.1) is 18.1 Å². The van der Waals surface area contributed by atoms with Crippen LogP contribution in [-0.4, -0.2) is 51.0 Å². The van der Waals surface area contributed by atoms with Gasteiger partial charge in [-0.15, -0.1) is 0 Å². The molecule has 0 aromatic heterocycles. The smallest absolute Gasteiger partial charge is 0.246 e. The van der Waals surface area contributed by atoms with E-state index in [9.17, 15) is 13.2 Å². The first-order valence-corrected chi connectivity index (χ1v) is 11.9. The van der Waals surface area contributed by atoms with Gasteiger partial charge in [-0.1, -0.05) is 0 Å². The molecular formula is C22H27N3O5S. The van der Waals surface area contributed by atoms with Crippen molar-refractivity contribution in [1.29, 1.82) is 0 Å². The van der Waals surface area contributed by atoms with Gasteiger partial charge in [-0.2, -0.15) is 4.31 Å². The van der Waals surface area contributed by atoms with Gasteiger partial charge >= 0.3 is 0 Å². The highest BCUT2D eigenvalue weighted by atomic mass is 32.2. The number of hydrogen-bond donors (Lipinski definition) is 2. The maximum atomic E-state index is 12.6. The number of carbonyl (C=O) groups excluding carboxylic acids is 1. The highest BCUT2D eigenvalue weighted by Crippen LogP contribution is 2.32. The topological polar surface area (TPSA) is 97.0 Å². The van der Waals surface area contributed by atoms with Crippen LogP contribution in [0.4, 0.5) is 11.4 Å². The molecule has 1 atom stereocenters. The third-order valence-corrected chi connectivity index (χ3v) is 7.26. The molecule has 2 aliphatic heterocycles. The lowest BCUT2D eigenvalue weighted by Gasteiger charge is -2.18. The van der Waals surface area contributed by atoms with Crippen LogP contribution in [0.2, 0.25) is 0 Å². The SMILES string of the molecule is C[C@H](Nc1ccc2c(c1)OCCCO2)C(=O)Nc1ccc(S(=O)(=O)N2CCCC2)cc1. The van der Waals surface area contributed by atoms with Crippen LogP contribution in [0.3, 0.4) is 0 Å². The van der Waals surface area contributed by atoms with Crippen molar-refractivity contribution in [2.24, 2.45) is 0 Å². The Kier molecular flexibility index (Phi) is 6.33. The van der Waals surface area contributed by atoms with Crippen molar-refractivity contribution in [1.82, 2.24) is 4.31 Å². The Labute approximate surface area is 182 Å². The Hall–Kier alpha value is -2.78. The summed E-state index contributed by atoms with van der Waals surface area (Å²) >= 11 is 0. The predicted octanol–water partition coefficient (Wildman–Crippen LogP) is 3.07. The van der Waals surface area contributed by atoms with Crippen molar-refractivity contribution in [2.75, 3.05) is 36.9 Å². The molecule has 1 amide bonds. The second-order valence-electron chi connectivity index (χ2n) is 7.70. The average molecular weight is 446 g/mol. The molecular weight excluding hydrogens is 418 g/mol. The van der Waals surface area contributed by atoms with E-state index in [1.165, 1.54) is 16.4 Å². The standard InChI is InChI=1S/C22H27N3O5S/c1-16(23-18-7-10-20-21(15-18)30-14-4-13-29-20)22(26)24-17-5-8-19(9-6-17)31(27,28)25-11-2-3-12-25/h5-10,15-16,23H,2-4,11-14H2,1H3,(H,24,26)/t16-/m0/s1. The number of nitrogens with one attached hydrogen (secondary N) is 2. The molecule has 2 heterocycles. The van der Waals surface area contributed by atoms with E-state index in [0.717, 1.165) is 24.9 Å². The zero-order chi connectivity index (χ0) is 21.8. The predicted molar refractivity (Wildman–Crippen MR) is 118 cm³/mol. The van der Waals surface area contributed by atoms with E-state index in [2.05, 4.69) is 10.6 Å². The Bertz CT molecular complexity index is 1030. The Morgan fingerprint density at radius 3 is 2.29 bits per heavy atom. The van der Waals surface area contributed by atoms with Crippen LogP contribution in [0.15, 0.2) is 47.4 Å². The molecule has 2 aromatic rings. The normalized spacial score (nSPS) is 17.6. The van der Waals surface area contributed by atoms with Gasteiger partial charge in [0, 0.05) is 37.0 Å². The quantitative estimate of drug-likeness (QED) is 0.709. The van der Waals surface area contributed by atoms with Gasteiger partial charge in [0.2, 0.25) is 15.9 Å². The number of fused-ring (bicyclic) bond motifs is 1. The molecule has 1 saturated heterocycles. The van der Waals surface area contributed by atoms with Gasteiger partial charge < -0.3 is 20.1 Å². The molecule has 9 heteroatoms. The number of hydrogen-bond acceptors (Lipinski definition) is 6. The van der Waals surface area contributed by atoms with Crippen LogP contribution in [-0.2, 0) is 14.8 Å². The summed E-state index contributed by atoms with van der Waals surface area (Å²) in [5.74, 6) is 1.12. The van der Waals surface area contributed by atoms with Crippen molar-refractivity contribution in [3.8, 4) is 11.5 Å². The van der Waals surface area contributed by atoms with Crippen LogP contribution in [0.25, 0.3) is 0 Å². The molecule has 2 N–H and O–H groups in total. The van der Waals surface area contributed by atoms with E-state index < -0.39 is 16.1 Å². The average Bonchev–Trinajstić information content (AvgIpc) is 3.21. The second kappa shape index (κ2) is 9.15. The number of anilines is 2. The summed E-state index contributed by atoms with van der Waals surface area (Å²) in [6.45, 7) is 4.09. The van der Waals surface area contributed by atoms with Gasteiger partial charge in [-0.3, -0.25) is 4.79 Å². The molecule has 8 nitrogen and oxygen atoms in total. The highest BCUT2D eigenvalue weighted by Gasteiger charge is 2.27. The molecule has 0 unspecified atom stereocenters. The monoisotopic (exact) mass is 445 g/mol. The number of carbonyl (C=O) groups is 1. The van der Waals surface area contributed by atoms with E-state index in [1.54, 1.807) is 19.1 Å². The van der Waals surface area contributed by atoms with Crippen LogP contribution in [0.5, 0.6) is 11.5 Å². The molecule has 0 aliphatic carbocycles. The van der Waals surface area contributed by atoms with Gasteiger partial charge in [-0.25, -0.2) is 8.42 Å². The van der Waals surface area contributed by atoms with Gasteiger partial charge in [0.15, 0.2) is 11.5 Å². The van der Waals surface area contributed by atoms with Crippen molar-refractivity contribution in [2.45, 2.75) is 37.1 Å². The van der Waals surface area contributed by atoms with E-state index in [0.29, 0.717) is 43.5 Å². The van der Waals surface area contributed by atoms with Crippen LogP contribution in [0, 0.1) is 0 Å². The van der Waals surface area contributed by atoms with E-state index in [-0.39, 0.29) is 10.8 Å². The van der Waals surface area contributed by atoms with Crippen LogP contribution < -0.4 is 20.1 Å². The second-order valence-corrected chi connectivity index (χ2v) is 9.64. The molecule has 2 aromatic carbocycles. The van der Waals surface area contributed by atoms with Crippen molar-refractivity contribution in [3.63, 3.8) is 0 Å². The van der Waals surface area contributed by atoms with Gasteiger partial charge in [0.1, 0.15) is 6.04 Å². The fourth-order valence-electron chi connectivity index (χ4n) is 3.61. The zero-order valence-corrected chi connectivity index (χ0v) is 18.3. The summed E-state index contributed by atoms with van der Waals surface area (Å²) in [6, 6.07) is 11.3. The first-order valence-electron chi connectivity index (χ1n) is 10.5. The maximum Gasteiger partial charge on any atom is 0.246 e. The van der Waals surface area contributed by atoms with E-state index in [1.807, 2.05) is 18.2 Å². The Morgan fingerprint density at radius 2 is 1.58 bits per heavy atom. The highest BCUT2D eigenvalue weighted by molar-refractivity contribution is 7.89. The zero-order valence-electron chi connectivity index (χ0n) is 17.5. The van der Waals surface area contributed by atoms with Gasteiger partial charge in [0.25, 0.3) is 0 Å². The lowest BCUT2D eigenvalue weighted by molar-refractivity contribution is -0.116. The Balaban J connectivity index is 1.37. The third-order valence-electron chi connectivity index (χ3n) is 5.35. The molecule has 0 radical (unpaired) electrons. The summed E-state index contributed by atoms with van der Waals surface area (Å²) in [5.41, 5.74) is 1.29. The lowest BCUT2D eigenvalue weighted by atomic mass is 10.2. The minimum Gasteiger partial charge on any atom is -0.490 e. The fourth-order valence-corrected chi connectivity index (χ4v) is 5.12. The first kappa shape index (κ1) is 21.5. The van der Waals surface area contributed by atoms with Crippen LogP contribution in [0.1, 0.15) is 26.2 Å². The molecule has 4 rings (SSSR count). The summed E-state index contributed by atoms with van der Waals surface area (Å²) in [6.07, 6.45) is 2.61. The number of sulfonamides is 1.